The third-order valence-electron chi connectivity index (χ3n) is 2.18. The number of rotatable bonds is 5. The molecule has 18 heavy (non-hydrogen) atoms. The average molecular weight is 260 g/mol. The highest BCUT2D eigenvalue weighted by Gasteiger charge is 2.25. The maximum Gasteiger partial charge on any atom is 0.410 e. The van der Waals surface area contributed by atoms with Crippen LogP contribution in [0.1, 0.15) is 34.1 Å². The molecule has 0 unspecified atom stereocenters. The number of nitrogens with zero attached hydrogens (tertiary/aromatic N) is 1. The maximum absolute atomic E-state index is 11.9. The maximum atomic E-state index is 11.9. The zero-order valence-electron chi connectivity index (χ0n) is 11.9. The van der Waals surface area contributed by atoms with Crippen LogP contribution in [-0.4, -0.2) is 48.8 Å². The first-order valence-corrected chi connectivity index (χ1v) is 6.00. The Hall–Kier alpha value is -1.30. The van der Waals surface area contributed by atoms with Gasteiger partial charge in [0.2, 0.25) is 0 Å². The van der Waals surface area contributed by atoms with Gasteiger partial charge in [-0.05, 0) is 27.2 Å². The predicted octanol–water partition coefficient (Wildman–Crippen LogP) is 1.13. The van der Waals surface area contributed by atoms with Crippen LogP contribution in [0.3, 0.4) is 0 Å². The fraction of sp³-hybridized carbons (Fsp3) is 0.833. The minimum Gasteiger partial charge on any atom is -0.468 e. The van der Waals surface area contributed by atoms with E-state index >= 15 is 0 Å². The van der Waals surface area contributed by atoms with E-state index in [1.54, 1.807) is 20.8 Å². The smallest absolute Gasteiger partial charge is 0.410 e. The molecule has 0 aliphatic heterocycles. The topological polar surface area (TPSA) is 81.9 Å². The fourth-order valence-electron chi connectivity index (χ4n) is 1.16. The minimum absolute atomic E-state index is 0.154. The van der Waals surface area contributed by atoms with E-state index in [0.717, 1.165) is 0 Å². The number of hydrogen-bond donors (Lipinski definition) is 1. The predicted molar refractivity (Wildman–Crippen MR) is 68.1 cm³/mol. The first-order valence-electron chi connectivity index (χ1n) is 6.00. The van der Waals surface area contributed by atoms with E-state index in [1.165, 1.54) is 12.0 Å². The summed E-state index contributed by atoms with van der Waals surface area (Å²) in [4.78, 5) is 24.4. The Bertz CT molecular complexity index is 286. The average Bonchev–Trinajstić information content (AvgIpc) is 2.25. The van der Waals surface area contributed by atoms with Gasteiger partial charge in [-0.3, -0.25) is 9.69 Å². The standard InChI is InChI=1S/C12H24N2O4/c1-6-9(13)7-14(8-10(15)17-5)11(16)18-12(2,3)4/h9H,6-8,13H2,1-5H3/t9-/m0/s1. The summed E-state index contributed by atoms with van der Waals surface area (Å²) in [7, 11) is 1.27. The van der Waals surface area contributed by atoms with Gasteiger partial charge in [0.1, 0.15) is 12.1 Å². The Morgan fingerprint density at radius 1 is 1.33 bits per heavy atom. The van der Waals surface area contributed by atoms with E-state index in [-0.39, 0.29) is 19.1 Å². The highest BCUT2D eigenvalue weighted by atomic mass is 16.6. The van der Waals surface area contributed by atoms with Gasteiger partial charge in [-0.1, -0.05) is 6.92 Å². The van der Waals surface area contributed by atoms with E-state index in [2.05, 4.69) is 4.74 Å². The number of nitrogens with two attached hydrogens (primary N) is 1. The highest BCUT2D eigenvalue weighted by molar-refractivity contribution is 5.78. The molecule has 0 spiro atoms. The molecular weight excluding hydrogens is 236 g/mol. The van der Waals surface area contributed by atoms with Gasteiger partial charge in [0, 0.05) is 12.6 Å². The van der Waals surface area contributed by atoms with E-state index in [9.17, 15) is 9.59 Å². The van der Waals surface area contributed by atoms with Crippen molar-refractivity contribution in [2.24, 2.45) is 5.73 Å². The molecule has 0 fully saturated rings. The molecular formula is C12H24N2O4. The first kappa shape index (κ1) is 16.7. The Morgan fingerprint density at radius 2 is 1.89 bits per heavy atom. The molecule has 0 rings (SSSR count). The molecule has 0 heterocycles. The van der Waals surface area contributed by atoms with Crippen molar-refractivity contribution in [2.75, 3.05) is 20.2 Å². The van der Waals surface area contributed by atoms with Crippen molar-refractivity contribution in [1.29, 1.82) is 0 Å². The molecule has 1 amide bonds. The lowest BCUT2D eigenvalue weighted by Gasteiger charge is -2.28. The van der Waals surface area contributed by atoms with Crippen molar-refractivity contribution in [3.8, 4) is 0 Å². The van der Waals surface area contributed by atoms with Gasteiger partial charge < -0.3 is 15.2 Å². The van der Waals surface area contributed by atoms with E-state index in [4.69, 9.17) is 10.5 Å². The van der Waals surface area contributed by atoms with Crippen LogP contribution in [0.25, 0.3) is 0 Å². The van der Waals surface area contributed by atoms with Crippen molar-refractivity contribution >= 4 is 12.1 Å². The fourth-order valence-corrected chi connectivity index (χ4v) is 1.16. The summed E-state index contributed by atoms with van der Waals surface area (Å²) in [5, 5.41) is 0. The van der Waals surface area contributed by atoms with Crippen LogP contribution < -0.4 is 5.73 Å². The van der Waals surface area contributed by atoms with Crippen molar-refractivity contribution in [2.45, 2.75) is 45.8 Å². The van der Waals surface area contributed by atoms with Gasteiger partial charge in [0.25, 0.3) is 0 Å². The summed E-state index contributed by atoms with van der Waals surface area (Å²) in [6, 6.07) is -0.192. The molecule has 0 bridgehead atoms. The summed E-state index contributed by atoms with van der Waals surface area (Å²) < 4.78 is 9.76. The van der Waals surface area contributed by atoms with Gasteiger partial charge in [-0.15, -0.1) is 0 Å². The number of hydrogen-bond acceptors (Lipinski definition) is 5. The normalized spacial score (nSPS) is 12.8. The van der Waals surface area contributed by atoms with Crippen LogP contribution in [0, 0.1) is 0 Å². The number of ether oxygens (including phenoxy) is 2. The van der Waals surface area contributed by atoms with Crippen LogP contribution in [0.2, 0.25) is 0 Å². The lowest BCUT2D eigenvalue weighted by atomic mass is 10.2. The quantitative estimate of drug-likeness (QED) is 0.749. The number of amides is 1. The molecule has 0 aliphatic carbocycles. The van der Waals surface area contributed by atoms with Crippen LogP contribution in [-0.2, 0) is 14.3 Å². The van der Waals surface area contributed by atoms with Crippen LogP contribution in [0.5, 0.6) is 0 Å². The molecule has 0 saturated carbocycles. The first-order chi connectivity index (χ1) is 8.19. The summed E-state index contributed by atoms with van der Waals surface area (Å²) >= 11 is 0. The zero-order chi connectivity index (χ0) is 14.3. The second-order valence-electron chi connectivity index (χ2n) is 5.11. The SMILES string of the molecule is CC[C@H](N)CN(CC(=O)OC)C(=O)OC(C)(C)C. The van der Waals surface area contributed by atoms with Gasteiger partial charge >= 0.3 is 12.1 Å². The Labute approximate surface area is 108 Å². The molecule has 0 aromatic rings. The van der Waals surface area contributed by atoms with E-state index in [1.807, 2.05) is 6.92 Å². The molecule has 0 aromatic heterocycles. The molecule has 2 N–H and O–H groups in total. The molecule has 106 valence electrons. The highest BCUT2D eigenvalue weighted by Crippen LogP contribution is 2.10. The van der Waals surface area contributed by atoms with Gasteiger partial charge in [0.15, 0.2) is 0 Å². The molecule has 6 nitrogen and oxygen atoms in total. The molecule has 6 heteroatoms. The number of carbonyl (C=O) groups is 2. The number of esters is 1. The van der Waals surface area contributed by atoms with Crippen LogP contribution in [0.15, 0.2) is 0 Å². The summed E-state index contributed by atoms with van der Waals surface area (Å²) in [6.07, 6.45) is 0.150. The number of methoxy groups -OCH3 is 1. The zero-order valence-corrected chi connectivity index (χ0v) is 11.9. The third-order valence-corrected chi connectivity index (χ3v) is 2.18. The van der Waals surface area contributed by atoms with Gasteiger partial charge in [-0.2, -0.15) is 0 Å². The molecule has 0 aromatic carbocycles. The van der Waals surface area contributed by atoms with Crippen molar-refractivity contribution in [3.05, 3.63) is 0 Å². The van der Waals surface area contributed by atoms with E-state index < -0.39 is 17.7 Å². The lowest BCUT2D eigenvalue weighted by molar-refractivity contribution is -0.141. The van der Waals surface area contributed by atoms with Gasteiger partial charge in [0.05, 0.1) is 7.11 Å². The Morgan fingerprint density at radius 3 is 2.28 bits per heavy atom. The van der Waals surface area contributed by atoms with E-state index in [0.29, 0.717) is 6.42 Å². The number of carbonyl (C=O) groups excluding carboxylic acids is 2. The molecule has 0 radical (unpaired) electrons. The monoisotopic (exact) mass is 260 g/mol. The Balaban J connectivity index is 4.63. The second-order valence-corrected chi connectivity index (χ2v) is 5.11. The second kappa shape index (κ2) is 7.20. The Kier molecular flexibility index (Phi) is 6.68. The van der Waals surface area contributed by atoms with Crippen molar-refractivity contribution < 1.29 is 19.1 Å². The summed E-state index contributed by atoms with van der Waals surface area (Å²) in [6.45, 7) is 7.32. The molecule has 1 atom stereocenters. The summed E-state index contributed by atoms with van der Waals surface area (Å²) in [5.41, 5.74) is 5.18. The minimum atomic E-state index is -0.609. The van der Waals surface area contributed by atoms with Crippen molar-refractivity contribution in [3.63, 3.8) is 0 Å². The largest absolute Gasteiger partial charge is 0.468 e. The lowest BCUT2D eigenvalue weighted by Crippen LogP contribution is -2.45. The van der Waals surface area contributed by atoms with Crippen LogP contribution in [0.4, 0.5) is 4.79 Å². The van der Waals surface area contributed by atoms with Gasteiger partial charge in [-0.25, -0.2) is 4.79 Å². The molecule has 0 saturated heterocycles. The summed E-state index contributed by atoms with van der Waals surface area (Å²) in [5.74, 6) is -0.496. The third kappa shape index (κ3) is 7.11. The molecule has 0 aliphatic rings. The van der Waals surface area contributed by atoms with Crippen molar-refractivity contribution in [1.82, 2.24) is 4.90 Å². The van der Waals surface area contributed by atoms with Crippen LogP contribution >= 0.6 is 0 Å².